The first-order chi connectivity index (χ1) is 7.40. The first-order valence-corrected chi connectivity index (χ1v) is 4.89. The zero-order valence-corrected chi connectivity index (χ0v) is 8.14. The van der Waals surface area contributed by atoms with Gasteiger partial charge >= 0.3 is 0 Å². The van der Waals surface area contributed by atoms with E-state index in [1.54, 1.807) is 6.33 Å². The molecule has 0 unspecified atom stereocenters. The number of para-hydroxylation sites is 2. The van der Waals surface area contributed by atoms with E-state index in [1.165, 1.54) is 0 Å². The first-order valence-electron chi connectivity index (χ1n) is 4.89. The zero-order chi connectivity index (χ0) is 10.3. The Morgan fingerprint density at radius 3 is 3.13 bits per heavy atom. The van der Waals surface area contributed by atoms with E-state index in [9.17, 15) is 0 Å². The van der Waals surface area contributed by atoms with Crippen LogP contribution in [0.15, 0.2) is 30.6 Å². The quantitative estimate of drug-likeness (QED) is 0.731. The summed E-state index contributed by atoms with van der Waals surface area (Å²) >= 11 is 0. The molecule has 2 aromatic rings. The Morgan fingerprint density at radius 1 is 1.40 bits per heavy atom. The third kappa shape index (κ3) is 1.15. The third-order valence-electron chi connectivity index (χ3n) is 2.71. The second kappa shape index (κ2) is 3.10. The van der Waals surface area contributed by atoms with Gasteiger partial charge in [0.25, 0.3) is 0 Å². The number of aliphatic hydroxyl groups excluding tert-OH is 1. The Balaban J connectivity index is 2.22. The van der Waals surface area contributed by atoms with Gasteiger partial charge in [-0.15, -0.1) is 0 Å². The summed E-state index contributed by atoms with van der Waals surface area (Å²) in [6.07, 6.45) is 1.76. The summed E-state index contributed by atoms with van der Waals surface area (Å²) in [4.78, 5) is 4.19. The van der Waals surface area contributed by atoms with E-state index in [-0.39, 0.29) is 6.61 Å². The molecule has 1 aromatic carbocycles. The van der Waals surface area contributed by atoms with Crippen LogP contribution in [-0.2, 0) is 13.2 Å². The largest absolute Gasteiger partial charge is 0.390 e. The fourth-order valence-corrected chi connectivity index (χ4v) is 1.95. The van der Waals surface area contributed by atoms with Crippen LogP contribution in [0.25, 0.3) is 5.69 Å². The molecule has 0 amide bonds. The van der Waals surface area contributed by atoms with Crippen molar-refractivity contribution in [2.45, 2.75) is 13.2 Å². The molecule has 1 aromatic heterocycles. The van der Waals surface area contributed by atoms with Crippen LogP contribution in [0.2, 0.25) is 0 Å². The standard InChI is InChI=1S/C11H11N3O/c15-6-9-11-5-12-8-3-1-2-4-10(8)14(11)7-13-9/h1-4,7,12,15H,5-6H2. The summed E-state index contributed by atoms with van der Waals surface area (Å²) in [7, 11) is 0. The van der Waals surface area contributed by atoms with Crippen LogP contribution in [0.5, 0.6) is 0 Å². The van der Waals surface area contributed by atoms with E-state index in [0.29, 0.717) is 6.54 Å². The van der Waals surface area contributed by atoms with Gasteiger partial charge in [0, 0.05) is 0 Å². The fourth-order valence-electron chi connectivity index (χ4n) is 1.95. The van der Waals surface area contributed by atoms with E-state index < -0.39 is 0 Å². The maximum Gasteiger partial charge on any atom is 0.1000 e. The molecule has 0 saturated carbocycles. The predicted molar refractivity (Wildman–Crippen MR) is 56.8 cm³/mol. The van der Waals surface area contributed by atoms with Crippen molar-refractivity contribution in [1.29, 1.82) is 0 Å². The molecular weight excluding hydrogens is 190 g/mol. The number of rotatable bonds is 1. The summed E-state index contributed by atoms with van der Waals surface area (Å²) in [5.74, 6) is 0. The van der Waals surface area contributed by atoms with Crippen LogP contribution in [-0.4, -0.2) is 14.7 Å². The van der Waals surface area contributed by atoms with Crippen molar-refractivity contribution in [2.75, 3.05) is 5.32 Å². The molecule has 0 saturated heterocycles. The van der Waals surface area contributed by atoms with Gasteiger partial charge in [-0.3, -0.25) is 4.57 Å². The predicted octanol–water partition coefficient (Wildman–Crippen LogP) is 1.29. The molecule has 0 atom stereocenters. The van der Waals surface area contributed by atoms with E-state index in [2.05, 4.69) is 10.3 Å². The maximum atomic E-state index is 9.13. The van der Waals surface area contributed by atoms with Crippen LogP contribution >= 0.6 is 0 Å². The smallest absolute Gasteiger partial charge is 0.1000 e. The summed E-state index contributed by atoms with van der Waals surface area (Å²) in [5, 5.41) is 12.4. The molecule has 0 radical (unpaired) electrons. The molecule has 3 rings (SSSR count). The highest BCUT2D eigenvalue weighted by Gasteiger charge is 2.17. The van der Waals surface area contributed by atoms with Crippen molar-refractivity contribution in [1.82, 2.24) is 9.55 Å². The van der Waals surface area contributed by atoms with Gasteiger partial charge in [0.1, 0.15) is 0 Å². The minimum Gasteiger partial charge on any atom is -0.390 e. The molecule has 2 N–H and O–H groups in total. The molecule has 1 aliphatic rings. The minimum atomic E-state index is -0.00776. The van der Waals surface area contributed by atoms with Gasteiger partial charge in [0.05, 0.1) is 42.2 Å². The van der Waals surface area contributed by atoms with Gasteiger partial charge in [0.15, 0.2) is 0 Å². The van der Waals surface area contributed by atoms with Crippen molar-refractivity contribution in [3.05, 3.63) is 42.0 Å². The van der Waals surface area contributed by atoms with Gasteiger partial charge in [-0.1, -0.05) is 12.1 Å². The van der Waals surface area contributed by atoms with E-state index in [1.807, 2.05) is 28.8 Å². The van der Waals surface area contributed by atoms with Gasteiger partial charge < -0.3 is 10.4 Å². The Bertz CT molecular complexity index is 504. The van der Waals surface area contributed by atoms with Crippen LogP contribution in [0, 0.1) is 0 Å². The van der Waals surface area contributed by atoms with Crippen LogP contribution in [0.3, 0.4) is 0 Å². The average Bonchev–Trinajstić information content (AvgIpc) is 2.72. The van der Waals surface area contributed by atoms with Gasteiger partial charge in [-0.25, -0.2) is 4.98 Å². The van der Waals surface area contributed by atoms with Crippen molar-refractivity contribution in [2.24, 2.45) is 0 Å². The molecule has 2 heterocycles. The number of benzene rings is 1. The molecule has 4 heteroatoms. The number of nitrogens with zero attached hydrogens (tertiary/aromatic N) is 2. The zero-order valence-electron chi connectivity index (χ0n) is 8.14. The second-order valence-corrected chi connectivity index (χ2v) is 3.54. The van der Waals surface area contributed by atoms with Crippen molar-refractivity contribution < 1.29 is 5.11 Å². The Morgan fingerprint density at radius 2 is 2.27 bits per heavy atom. The average molecular weight is 201 g/mol. The van der Waals surface area contributed by atoms with Gasteiger partial charge in [0.2, 0.25) is 0 Å². The summed E-state index contributed by atoms with van der Waals surface area (Å²) < 4.78 is 2.03. The van der Waals surface area contributed by atoms with E-state index in [4.69, 9.17) is 5.11 Å². The number of anilines is 1. The topological polar surface area (TPSA) is 50.1 Å². The molecular formula is C11H11N3O. The highest BCUT2D eigenvalue weighted by molar-refractivity contribution is 5.64. The van der Waals surface area contributed by atoms with Crippen LogP contribution in [0.1, 0.15) is 11.4 Å². The van der Waals surface area contributed by atoms with E-state index in [0.717, 1.165) is 22.8 Å². The van der Waals surface area contributed by atoms with Gasteiger partial charge in [-0.2, -0.15) is 0 Å². The maximum absolute atomic E-state index is 9.13. The highest BCUT2D eigenvalue weighted by atomic mass is 16.3. The van der Waals surface area contributed by atoms with Crippen molar-refractivity contribution in [3.8, 4) is 5.69 Å². The van der Waals surface area contributed by atoms with Crippen LogP contribution < -0.4 is 5.32 Å². The lowest BCUT2D eigenvalue weighted by molar-refractivity contribution is 0.276. The number of imidazole rings is 1. The fraction of sp³-hybridized carbons (Fsp3) is 0.182. The molecule has 0 fully saturated rings. The normalized spacial score (nSPS) is 12.9. The number of aliphatic hydroxyl groups is 1. The Kier molecular flexibility index (Phi) is 1.76. The Hall–Kier alpha value is -1.81. The lowest BCUT2D eigenvalue weighted by Crippen LogP contribution is -2.15. The summed E-state index contributed by atoms with van der Waals surface area (Å²) in [6, 6.07) is 8.07. The molecule has 4 nitrogen and oxygen atoms in total. The number of hydrogen-bond donors (Lipinski definition) is 2. The molecule has 0 spiro atoms. The van der Waals surface area contributed by atoms with Crippen LogP contribution in [0.4, 0.5) is 5.69 Å². The SMILES string of the molecule is OCc1ncn2c1CNc1ccccc1-2. The molecule has 0 aliphatic carbocycles. The van der Waals surface area contributed by atoms with Gasteiger partial charge in [-0.05, 0) is 12.1 Å². The molecule has 1 aliphatic heterocycles. The monoisotopic (exact) mass is 201 g/mol. The molecule has 15 heavy (non-hydrogen) atoms. The first kappa shape index (κ1) is 8.49. The highest BCUT2D eigenvalue weighted by Crippen LogP contribution is 2.27. The molecule has 0 bridgehead atoms. The Labute approximate surface area is 87.2 Å². The summed E-state index contributed by atoms with van der Waals surface area (Å²) in [6.45, 7) is 0.707. The van der Waals surface area contributed by atoms with Crippen molar-refractivity contribution >= 4 is 5.69 Å². The number of nitrogens with one attached hydrogen (secondary N) is 1. The van der Waals surface area contributed by atoms with E-state index >= 15 is 0 Å². The number of fused-ring (bicyclic) bond motifs is 3. The van der Waals surface area contributed by atoms with Crippen molar-refractivity contribution in [3.63, 3.8) is 0 Å². The second-order valence-electron chi connectivity index (χ2n) is 3.54. The number of aromatic nitrogens is 2. The lowest BCUT2D eigenvalue weighted by Gasteiger charge is -2.20. The third-order valence-corrected chi connectivity index (χ3v) is 2.71. The number of hydrogen-bond acceptors (Lipinski definition) is 3. The summed E-state index contributed by atoms with van der Waals surface area (Å²) in [5.41, 5.74) is 3.98. The minimum absolute atomic E-state index is 0.00776. The molecule has 76 valence electrons. The lowest BCUT2D eigenvalue weighted by atomic mass is 10.2.